The maximum absolute atomic E-state index is 12.3. The molecular formula is C15H16N2O3. The van der Waals surface area contributed by atoms with E-state index in [1.54, 1.807) is 6.08 Å². The predicted molar refractivity (Wildman–Crippen MR) is 73.7 cm³/mol. The highest BCUT2D eigenvalue weighted by Crippen LogP contribution is 2.20. The van der Waals surface area contributed by atoms with Gasteiger partial charge >= 0.3 is 0 Å². The van der Waals surface area contributed by atoms with Crippen molar-refractivity contribution in [2.24, 2.45) is 0 Å². The third-order valence-corrected chi connectivity index (χ3v) is 3.21. The van der Waals surface area contributed by atoms with Gasteiger partial charge in [0.15, 0.2) is 0 Å². The second-order valence-corrected chi connectivity index (χ2v) is 4.67. The Morgan fingerprint density at radius 2 is 2.10 bits per heavy atom. The molecule has 0 aromatic heterocycles. The molecule has 20 heavy (non-hydrogen) atoms. The molecule has 5 nitrogen and oxygen atoms in total. The highest BCUT2D eigenvalue weighted by molar-refractivity contribution is 6.07. The summed E-state index contributed by atoms with van der Waals surface area (Å²) in [5.41, 5.74) is 0.856. The molecule has 1 fully saturated rings. The lowest BCUT2D eigenvalue weighted by atomic mass is 9.94. The number of carbonyl (C=O) groups is 3. The number of allylic oxidation sites excluding steroid dienone is 1. The largest absolute Gasteiger partial charge is 0.343 e. The molecule has 2 atom stereocenters. The Hall–Kier alpha value is -2.43. The fraction of sp³-hybridized carbons (Fsp3) is 0.267. The molecule has 2 N–H and O–H groups in total. The van der Waals surface area contributed by atoms with E-state index in [4.69, 9.17) is 0 Å². The van der Waals surface area contributed by atoms with E-state index < -0.39 is 17.9 Å². The second-order valence-electron chi connectivity index (χ2n) is 4.67. The number of hydrogen-bond acceptors (Lipinski definition) is 3. The van der Waals surface area contributed by atoms with E-state index in [0.29, 0.717) is 6.42 Å². The van der Waals surface area contributed by atoms with Crippen LogP contribution in [0, 0.1) is 0 Å². The lowest BCUT2D eigenvalue weighted by Crippen LogP contribution is -2.42. The molecule has 1 heterocycles. The van der Waals surface area contributed by atoms with Crippen molar-refractivity contribution in [1.29, 1.82) is 0 Å². The van der Waals surface area contributed by atoms with Crippen LogP contribution in [0.25, 0.3) is 0 Å². The summed E-state index contributed by atoms with van der Waals surface area (Å²) in [4.78, 5) is 34.9. The molecule has 1 aromatic carbocycles. The van der Waals surface area contributed by atoms with Crippen LogP contribution >= 0.6 is 0 Å². The third kappa shape index (κ3) is 3.12. The normalized spacial score (nSPS) is 19.3. The number of amides is 3. The first kappa shape index (κ1) is 14.0. The van der Waals surface area contributed by atoms with Crippen LogP contribution in [0.2, 0.25) is 0 Å². The molecule has 0 spiro atoms. The summed E-state index contributed by atoms with van der Waals surface area (Å²) in [6, 6.07) is 8.51. The number of nitrogens with one attached hydrogen (secondary N) is 2. The molecule has 0 aliphatic carbocycles. The SMILES string of the molecule is C=CCC(C(=O)NC1CC(=O)NC1=O)c1ccccc1. The van der Waals surface area contributed by atoms with E-state index in [0.717, 1.165) is 5.56 Å². The van der Waals surface area contributed by atoms with Gasteiger partial charge in [-0.1, -0.05) is 36.4 Å². The van der Waals surface area contributed by atoms with Crippen molar-refractivity contribution in [1.82, 2.24) is 10.6 Å². The van der Waals surface area contributed by atoms with E-state index in [9.17, 15) is 14.4 Å². The van der Waals surface area contributed by atoms with E-state index in [-0.39, 0.29) is 18.2 Å². The Balaban J connectivity index is 2.10. The highest BCUT2D eigenvalue weighted by Gasteiger charge is 2.33. The van der Waals surface area contributed by atoms with Gasteiger partial charge in [-0.25, -0.2) is 0 Å². The summed E-state index contributed by atoms with van der Waals surface area (Å²) in [6.07, 6.45) is 2.13. The van der Waals surface area contributed by atoms with Crippen LogP contribution in [0.5, 0.6) is 0 Å². The van der Waals surface area contributed by atoms with E-state index in [1.165, 1.54) is 0 Å². The monoisotopic (exact) mass is 272 g/mol. The van der Waals surface area contributed by atoms with Crippen LogP contribution < -0.4 is 10.6 Å². The van der Waals surface area contributed by atoms with Crippen molar-refractivity contribution >= 4 is 17.7 Å². The van der Waals surface area contributed by atoms with Gasteiger partial charge in [-0.2, -0.15) is 0 Å². The minimum absolute atomic E-state index is 0.000171. The topological polar surface area (TPSA) is 75.3 Å². The van der Waals surface area contributed by atoms with Crippen molar-refractivity contribution in [2.45, 2.75) is 24.8 Å². The highest BCUT2D eigenvalue weighted by atomic mass is 16.2. The molecule has 1 aliphatic heterocycles. The maximum atomic E-state index is 12.3. The fourth-order valence-corrected chi connectivity index (χ4v) is 2.19. The maximum Gasteiger partial charge on any atom is 0.249 e. The van der Waals surface area contributed by atoms with Crippen molar-refractivity contribution < 1.29 is 14.4 Å². The lowest BCUT2D eigenvalue weighted by molar-refractivity contribution is -0.129. The van der Waals surface area contributed by atoms with E-state index in [2.05, 4.69) is 17.2 Å². The van der Waals surface area contributed by atoms with Gasteiger partial charge in [-0.15, -0.1) is 6.58 Å². The summed E-state index contributed by atoms with van der Waals surface area (Å²) in [5, 5.41) is 4.79. The first-order valence-electron chi connectivity index (χ1n) is 6.41. The molecule has 1 saturated heterocycles. The lowest BCUT2D eigenvalue weighted by Gasteiger charge is -2.17. The minimum atomic E-state index is -0.772. The number of hydrogen-bond donors (Lipinski definition) is 2. The second kappa shape index (κ2) is 6.14. The zero-order chi connectivity index (χ0) is 14.5. The summed E-state index contributed by atoms with van der Waals surface area (Å²) < 4.78 is 0. The summed E-state index contributed by atoms with van der Waals surface area (Å²) in [5.74, 6) is -1.49. The average Bonchev–Trinajstić information content (AvgIpc) is 2.75. The fourth-order valence-electron chi connectivity index (χ4n) is 2.19. The average molecular weight is 272 g/mol. The van der Waals surface area contributed by atoms with Crippen molar-refractivity contribution in [3.8, 4) is 0 Å². The molecule has 2 unspecified atom stereocenters. The van der Waals surface area contributed by atoms with Crippen LogP contribution in [-0.2, 0) is 14.4 Å². The summed E-state index contributed by atoms with van der Waals surface area (Å²) in [6.45, 7) is 3.65. The first-order valence-corrected chi connectivity index (χ1v) is 6.41. The summed E-state index contributed by atoms with van der Waals surface area (Å²) >= 11 is 0. The predicted octanol–water partition coefficient (Wildman–Crippen LogP) is 0.878. The standard InChI is InChI=1S/C15H16N2O3/c1-2-6-11(10-7-4-3-5-8-10)14(19)16-12-9-13(18)17-15(12)20/h2-5,7-8,11-12H,1,6,9H2,(H,16,19)(H,17,18,20). The van der Waals surface area contributed by atoms with Crippen LogP contribution in [0.3, 0.4) is 0 Å². The number of imide groups is 1. The summed E-state index contributed by atoms with van der Waals surface area (Å²) in [7, 11) is 0. The Bertz CT molecular complexity index is 539. The Labute approximate surface area is 117 Å². The third-order valence-electron chi connectivity index (χ3n) is 3.21. The molecule has 2 rings (SSSR count). The molecule has 5 heteroatoms. The molecule has 0 saturated carbocycles. The zero-order valence-corrected chi connectivity index (χ0v) is 11.0. The number of rotatable bonds is 5. The molecule has 1 aromatic rings. The van der Waals surface area contributed by atoms with Crippen LogP contribution in [-0.4, -0.2) is 23.8 Å². The van der Waals surface area contributed by atoms with Crippen molar-refractivity contribution in [3.63, 3.8) is 0 Å². The smallest absolute Gasteiger partial charge is 0.249 e. The van der Waals surface area contributed by atoms with Gasteiger partial charge < -0.3 is 5.32 Å². The molecule has 1 aliphatic rings. The van der Waals surface area contributed by atoms with Gasteiger partial charge in [0.05, 0.1) is 12.3 Å². The molecule has 0 radical (unpaired) electrons. The molecule has 104 valence electrons. The van der Waals surface area contributed by atoms with Crippen LogP contribution in [0.4, 0.5) is 0 Å². The van der Waals surface area contributed by atoms with Crippen molar-refractivity contribution in [3.05, 3.63) is 48.6 Å². The van der Waals surface area contributed by atoms with Gasteiger partial charge in [-0.05, 0) is 12.0 Å². The number of carbonyl (C=O) groups excluding carboxylic acids is 3. The Morgan fingerprint density at radius 3 is 2.65 bits per heavy atom. The van der Waals surface area contributed by atoms with Gasteiger partial charge in [0.1, 0.15) is 6.04 Å². The Kier molecular flexibility index (Phi) is 4.30. The number of benzene rings is 1. The quantitative estimate of drug-likeness (QED) is 0.617. The molecular weight excluding hydrogens is 256 g/mol. The molecule has 3 amide bonds. The van der Waals surface area contributed by atoms with E-state index in [1.807, 2.05) is 30.3 Å². The van der Waals surface area contributed by atoms with Crippen molar-refractivity contribution in [2.75, 3.05) is 0 Å². The van der Waals surface area contributed by atoms with Crippen LogP contribution in [0.1, 0.15) is 24.3 Å². The minimum Gasteiger partial charge on any atom is -0.343 e. The van der Waals surface area contributed by atoms with Gasteiger partial charge in [0.2, 0.25) is 17.7 Å². The first-order chi connectivity index (χ1) is 9.61. The zero-order valence-electron chi connectivity index (χ0n) is 11.0. The van der Waals surface area contributed by atoms with Crippen LogP contribution in [0.15, 0.2) is 43.0 Å². The van der Waals surface area contributed by atoms with Gasteiger partial charge in [0.25, 0.3) is 0 Å². The van der Waals surface area contributed by atoms with Gasteiger partial charge in [-0.3, -0.25) is 19.7 Å². The Morgan fingerprint density at radius 1 is 1.40 bits per heavy atom. The molecule has 0 bridgehead atoms. The van der Waals surface area contributed by atoms with Gasteiger partial charge in [0, 0.05) is 0 Å². The van der Waals surface area contributed by atoms with E-state index >= 15 is 0 Å².